The van der Waals surface area contributed by atoms with E-state index in [1.165, 1.54) is 0 Å². The summed E-state index contributed by atoms with van der Waals surface area (Å²) in [6.45, 7) is 2.28. The summed E-state index contributed by atoms with van der Waals surface area (Å²) < 4.78 is 0. The van der Waals surface area contributed by atoms with Crippen molar-refractivity contribution >= 4 is 5.78 Å². The molecule has 0 radical (unpaired) electrons. The quantitative estimate of drug-likeness (QED) is 0.746. The predicted octanol–water partition coefficient (Wildman–Crippen LogP) is 0.809. The molecule has 2 aliphatic heterocycles. The van der Waals surface area contributed by atoms with Crippen LogP contribution in [0, 0.1) is 23.2 Å². The number of Topliss-reactive ketones (excluding diaryl/α,β-unsaturated/α-hetero) is 1. The Morgan fingerprint density at radius 2 is 2.10 bits per heavy atom. The van der Waals surface area contributed by atoms with Crippen molar-refractivity contribution in [2.75, 3.05) is 19.7 Å². The predicted molar refractivity (Wildman–Crippen MR) is 74.1 cm³/mol. The smallest absolute Gasteiger partial charge is 0.137 e. The van der Waals surface area contributed by atoms with Gasteiger partial charge in [-0.25, -0.2) is 0 Å². The van der Waals surface area contributed by atoms with Crippen LogP contribution in [0.15, 0.2) is 0 Å². The number of aliphatic hydroxyl groups is 2. The summed E-state index contributed by atoms with van der Waals surface area (Å²) in [6, 6.07) is 0.417. The van der Waals surface area contributed by atoms with Crippen molar-refractivity contribution < 1.29 is 15.0 Å². The Hall–Kier alpha value is -0.450. The second kappa shape index (κ2) is 4.52. The van der Waals surface area contributed by atoms with E-state index in [1.54, 1.807) is 0 Å². The number of carbonyl (C=O) groups excluding carboxylic acids is 1. The maximum Gasteiger partial charge on any atom is 0.137 e. The molecule has 4 heteroatoms. The number of nitrogens with zero attached hydrogens (tertiary/aromatic N) is 1. The number of aliphatic hydroxyl groups excluding tert-OH is 2. The Labute approximate surface area is 120 Å². The molecule has 2 N–H and O–H groups in total. The monoisotopic (exact) mass is 279 g/mol. The Morgan fingerprint density at radius 3 is 2.90 bits per heavy atom. The lowest BCUT2D eigenvalue weighted by atomic mass is 9.54. The van der Waals surface area contributed by atoms with Gasteiger partial charge in [0.15, 0.2) is 0 Å². The number of hydrogen-bond donors (Lipinski definition) is 2. The molecule has 0 aromatic carbocycles. The minimum absolute atomic E-state index is 0.0247. The third-order valence-electron chi connectivity index (χ3n) is 6.86. The molecule has 2 saturated carbocycles. The minimum atomic E-state index is -0.483. The highest BCUT2D eigenvalue weighted by atomic mass is 16.3. The second-order valence-corrected chi connectivity index (χ2v) is 7.41. The van der Waals surface area contributed by atoms with Crippen molar-refractivity contribution in [3.8, 4) is 0 Å². The van der Waals surface area contributed by atoms with E-state index in [4.69, 9.17) is 0 Å². The van der Waals surface area contributed by atoms with Gasteiger partial charge in [0, 0.05) is 36.3 Å². The van der Waals surface area contributed by atoms with Gasteiger partial charge in [0.2, 0.25) is 0 Å². The van der Waals surface area contributed by atoms with Crippen LogP contribution in [-0.2, 0) is 4.79 Å². The topological polar surface area (TPSA) is 60.8 Å². The van der Waals surface area contributed by atoms with Crippen molar-refractivity contribution in [1.82, 2.24) is 4.90 Å². The van der Waals surface area contributed by atoms with Crippen LogP contribution in [0.3, 0.4) is 0 Å². The van der Waals surface area contributed by atoms with E-state index in [0.717, 1.165) is 45.2 Å². The second-order valence-electron chi connectivity index (χ2n) is 7.41. The van der Waals surface area contributed by atoms with Gasteiger partial charge >= 0.3 is 0 Å². The molecule has 1 spiro atoms. The van der Waals surface area contributed by atoms with E-state index in [9.17, 15) is 15.0 Å². The lowest BCUT2D eigenvalue weighted by Crippen LogP contribution is -2.62. The van der Waals surface area contributed by atoms with E-state index in [-0.39, 0.29) is 29.8 Å². The molecule has 4 rings (SSSR count). The normalized spacial score (nSPS) is 54.4. The maximum absolute atomic E-state index is 12.5. The molecule has 0 aromatic heterocycles. The fraction of sp³-hybridized carbons (Fsp3) is 0.938. The molecule has 2 aliphatic carbocycles. The number of hydrogen-bond acceptors (Lipinski definition) is 4. The summed E-state index contributed by atoms with van der Waals surface area (Å²) in [7, 11) is 0. The van der Waals surface area contributed by atoms with E-state index in [0.29, 0.717) is 18.2 Å². The van der Waals surface area contributed by atoms with E-state index < -0.39 is 6.10 Å². The Bertz CT molecular complexity index is 426. The molecular formula is C16H25NO3. The number of rotatable bonds is 1. The van der Waals surface area contributed by atoms with E-state index in [1.807, 2.05) is 0 Å². The number of carbonyl (C=O) groups is 1. The number of piperidine rings is 1. The van der Waals surface area contributed by atoms with Crippen molar-refractivity contribution in [3.63, 3.8) is 0 Å². The summed E-state index contributed by atoms with van der Waals surface area (Å²) in [5.74, 6) is 0.624. The van der Waals surface area contributed by atoms with Crippen LogP contribution >= 0.6 is 0 Å². The van der Waals surface area contributed by atoms with Crippen LogP contribution < -0.4 is 0 Å². The zero-order valence-electron chi connectivity index (χ0n) is 12.0. The summed E-state index contributed by atoms with van der Waals surface area (Å²) in [5.41, 5.74) is 0.0247. The summed E-state index contributed by atoms with van der Waals surface area (Å²) >= 11 is 0. The molecule has 4 fully saturated rings. The van der Waals surface area contributed by atoms with Gasteiger partial charge in [0.1, 0.15) is 5.78 Å². The highest BCUT2D eigenvalue weighted by Crippen LogP contribution is 2.62. The average molecular weight is 279 g/mol. The first-order valence-electron chi connectivity index (χ1n) is 8.24. The van der Waals surface area contributed by atoms with Gasteiger partial charge in [-0.2, -0.15) is 0 Å². The van der Waals surface area contributed by atoms with Gasteiger partial charge < -0.3 is 10.2 Å². The van der Waals surface area contributed by atoms with Crippen LogP contribution in [0.4, 0.5) is 0 Å². The molecule has 20 heavy (non-hydrogen) atoms. The van der Waals surface area contributed by atoms with E-state index >= 15 is 0 Å². The SMILES string of the molecule is O=C1C[C@@H]2[C@H](O)[C@@H](CO)C[C@H]3N4CCC[C@H]1[C@]23CCC4. The van der Waals surface area contributed by atoms with Crippen LogP contribution in [0.1, 0.15) is 38.5 Å². The minimum Gasteiger partial charge on any atom is -0.396 e. The first kappa shape index (κ1) is 13.2. The first-order chi connectivity index (χ1) is 9.68. The van der Waals surface area contributed by atoms with Crippen LogP contribution in [0.2, 0.25) is 0 Å². The van der Waals surface area contributed by atoms with Crippen molar-refractivity contribution in [3.05, 3.63) is 0 Å². The Morgan fingerprint density at radius 1 is 1.30 bits per heavy atom. The molecule has 0 amide bonds. The largest absolute Gasteiger partial charge is 0.396 e. The lowest BCUT2D eigenvalue weighted by molar-refractivity contribution is -0.142. The average Bonchev–Trinajstić information content (AvgIpc) is 2.68. The van der Waals surface area contributed by atoms with Gasteiger partial charge in [-0.3, -0.25) is 9.69 Å². The van der Waals surface area contributed by atoms with Crippen molar-refractivity contribution in [2.24, 2.45) is 23.2 Å². The van der Waals surface area contributed by atoms with Crippen LogP contribution in [0.5, 0.6) is 0 Å². The fourth-order valence-electron chi connectivity index (χ4n) is 6.14. The summed E-state index contributed by atoms with van der Waals surface area (Å²) in [6.07, 6.45) is 5.32. The molecular weight excluding hydrogens is 254 g/mol. The maximum atomic E-state index is 12.5. The first-order valence-corrected chi connectivity index (χ1v) is 8.24. The van der Waals surface area contributed by atoms with Crippen LogP contribution in [0.25, 0.3) is 0 Å². The van der Waals surface area contributed by atoms with Gasteiger partial charge in [-0.05, 0) is 51.1 Å². The molecule has 2 saturated heterocycles. The molecule has 7 atom stereocenters. The summed E-state index contributed by atoms with van der Waals surface area (Å²) in [4.78, 5) is 15.1. The molecule has 4 nitrogen and oxygen atoms in total. The summed E-state index contributed by atoms with van der Waals surface area (Å²) in [5, 5.41) is 20.3. The molecule has 4 aliphatic rings. The highest BCUT2D eigenvalue weighted by molar-refractivity contribution is 5.85. The van der Waals surface area contributed by atoms with Crippen molar-refractivity contribution in [2.45, 2.75) is 50.7 Å². The third-order valence-corrected chi connectivity index (χ3v) is 6.86. The highest BCUT2D eigenvalue weighted by Gasteiger charge is 2.65. The van der Waals surface area contributed by atoms with Gasteiger partial charge in [-0.15, -0.1) is 0 Å². The molecule has 112 valence electrons. The third kappa shape index (κ3) is 1.50. The molecule has 2 heterocycles. The van der Waals surface area contributed by atoms with Gasteiger partial charge in [0.25, 0.3) is 0 Å². The zero-order valence-corrected chi connectivity index (χ0v) is 12.0. The zero-order chi connectivity index (χ0) is 13.9. The fourth-order valence-corrected chi connectivity index (χ4v) is 6.14. The molecule has 1 unspecified atom stereocenters. The van der Waals surface area contributed by atoms with Gasteiger partial charge in [-0.1, -0.05) is 0 Å². The molecule has 0 aromatic rings. The molecule has 2 bridgehead atoms. The van der Waals surface area contributed by atoms with E-state index in [2.05, 4.69) is 4.90 Å². The lowest BCUT2D eigenvalue weighted by Gasteiger charge is -2.58. The number of ketones is 1. The Kier molecular flexibility index (Phi) is 2.99. The van der Waals surface area contributed by atoms with Gasteiger partial charge in [0.05, 0.1) is 6.10 Å². The van der Waals surface area contributed by atoms with Crippen LogP contribution in [-0.4, -0.2) is 52.7 Å². The van der Waals surface area contributed by atoms with Crippen molar-refractivity contribution in [1.29, 1.82) is 0 Å². The Balaban J connectivity index is 1.82. The standard InChI is InChI=1S/C16H25NO3/c18-9-10-7-14-16-4-2-6-17(14)5-1-3-11(16)13(19)8-12(16)15(10)20/h10-12,14-15,18,20H,1-9H2/t10-,11-,12-,14-,15-,16-/m1/s1.